The smallest absolute Gasteiger partial charge is 0.242 e. The van der Waals surface area contributed by atoms with Crippen molar-refractivity contribution in [3.05, 3.63) is 24.0 Å². The predicted molar refractivity (Wildman–Crippen MR) is 88.5 cm³/mol. The van der Waals surface area contributed by atoms with Crippen LogP contribution in [0.1, 0.15) is 37.9 Å². The number of likely N-dealkylation sites (N-methyl/N-ethyl adjacent to an activating group) is 1. The summed E-state index contributed by atoms with van der Waals surface area (Å²) < 4.78 is 1.97. The van der Waals surface area contributed by atoms with Gasteiger partial charge in [-0.25, -0.2) is 4.98 Å². The molecule has 2 N–H and O–H groups in total. The normalized spacial score (nSPS) is 16.1. The van der Waals surface area contributed by atoms with Gasteiger partial charge in [-0.3, -0.25) is 4.79 Å². The number of hydrogen-bond acceptors (Lipinski definition) is 3. The Labute approximate surface area is 131 Å². The number of carbonyl (C=O) groups excluding carboxylic acids is 1. The maximum atomic E-state index is 12.6. The molecule has 5 heteroatoms. The van der Waals surface area contributed by atoms with Gasteiger partial charge >= 0.3 is 0 Å². The molecule has 22 heavy (non-hydrogen) atoms. The van der Waals surface area contributed by atoms with Crippen molar-refractivity contribution in [2.24, 2.45) is 0 Å². The number of para-hydroxylation sites is 1. The molecule has 1 aromatic heterocycles. The van der Waals surface area contributed by atoms with Crippen molar-refractivity contribution in [2.45, 2.75) is 51.6 Å². The number of anilines is 1. The minimum Gasteiger partial charge on any atom is -0.397 e. The van der Waals surface area contributed by atoms with Gasteiger partial charge in [0.25, 0.3) is 0 Å². The maximum Gasteiger partial charge on any atom is 0.242 e. The average Bonchev–Trinajstić information content (AvgIpc) is 2.85. The summed E-state index contributed by atoms with van der Waals surface area (Å²) in [5, 5.41) is 0. The highest BCUT2D eigenvalue weighted by molar-refractivity contribution is 5.89. The number of nitrogens with two attached hydrogens (primary N) is 1. The van der Waals surface area contributed by atoms with Gasteiger partial charge in [-0.05, 0) is 31.9 Å². The van der Waals surface area contributed by atoms with Gasteiger partial charge in [0.15, 0.2) is 0 Å². The summed E-state index contributed by atoms with van der Waals surface area (Å²) in [5.41, 5.74) is 8.35. The zero-order valence-corrected chi connectivity index (χ0v) is 13.4. The van der Waals surface area contributed by atoms with Crippen LogP contribution in [0, 0.1) is 6.92 Å². The Morgan fingerprint density at radius 3 is 2.82 bits per heavy atom. The molecular formula is C17H24N4O. The highest BCUT2D eigenvalue weighted by atomic mass is 16.2. The first-order valence-corrected chi connectivity index (χ1v) is 8.05. The van der Waals surface area contributed by atoms with E-state index in [2.05, 4.69) is 4.98 Å². The van der Waals surface area contributed by atoms with Crippen molar-refractivity contribution < 1.29 is 4.79 Å². The van der Waals surface area contributed by atoms with Crippen molar-refractivity contribution in [3.63, 3.8) is 0 Å². The molecule has 1 fully saturated rings. The molecular weight excluding hydrogens is 276 g/mol. The molecule has 0 atom stereocenters. The largest absolute Gasteiger partial charge is 0.397 e. The Kier molecular flexibility index (Phi) is 4.05. The SMILES string of the molecule is Cc1nc2c(N)cccc2n1CC(=O)N(C)C1CCCCC1. The van der Waals surface area contributed by atoms with Crippen LogP contribution in [-0.2, 0) is 11.3 Å². The number of nitrogen functional groups attached to an aromatic ring is 1. The fraction of sp³-hybridized carbons (Fsp3) is 0.529. The highest BCUT2D eigenvalue weighted by Gasteiger charge is 2.23. The molecule has 0 bridgehead atoms. The summed E-state index contributed by atoms with van der Waals surface area (Å²) in [6.45, 7) is 2.26. The molecule has 1 saturated carbocycles. The van der Waals surface area contributed by atoms with Crippen LogP contribution in [0.2, 0.25) is 0 Å². The first-order chi connectivity index (χ1) is 10.6. The van der Waals surface area contributed by atoms with Crippen LogP contribution in [0.15, 0.2) is 18.2 Å². The molecule has 0 saturated heterocycles. The lowest BCUT2D eigenvalue weighted by molar-refractivity contribution is -0.133. The van der Waals surface area contributed by atoms with E-state index in [4.69, 9.17) is 5.73 Å². The molecule has 1 aliphatic rings. The topological polar surface area (TPSA) is 64.1 Å². The van der Waals surface area contributed by atoms with Crippen LogP contribution in [0.5, 0.6) is 0 Å². The summed E-state index contributed by atoms with van der Waals surface area (Å²) >= 11 is 0. The Morgan fingerprint density at radius 1 is 1.36 bits per heavy atom. The van der Waals surface area contributed by atoms with E-state index in [0.29, 0.717) is 18.3 Å². The fourth-order valence-electron chi connectivity index (χ4n) is 3.40. The molecule has 1 heterocycles. The van der Waals surface area contributed by atoms with Gasteiger partial charge in [-0.2, -0.15) is 0 Å². The summed E-state index contributed by atoms with van der Waals surface area (Å²) in [6, 6.07) is 6.11. The number of rotatable bonds is 3. The number of aryl methyl sites for hydroxylation is 1. The van der Waals surface area contributed by atoms with Gasteiger partial charge in [-0.1, -0.05) is 25.3 Å². The number of aromatic nitrogens is 2. The molecule has 1 amide bonds. The summed E-state index contributed by atoms with van der Waals surface area (Å²) in [5.74, 6) is 0.981. The molecule has 2 aromatic rings. The molecule has 118 valence electrons. The van der Waals surface area contributed by atoms with E-state index in [1.54, 1.807) is 0 Å². The lowest BCUT2D eigenvalue weighted by atomic mass is 9.94. The Balaban J connectivity index is 1.82. The van der Waals surface area contributed by atoms with Gasteiger partial charge in [-0.15, -0.1) is 0 Å². The van der Waals surface area contributed by atoms with Crippen LogP contribution in [0.4, 0.5) is 5.69 Å². The third-order valence-electron chi connectivity index (χ3n) is 4.81. The Morgan fingerprint density at radius 2 is 2.09 bits per heavy atom. The fourth-order valence-corrected chi connectivity index (χ4v) is 3.40. The summed E-state index contributed by atoms with van der Waals surface area (Å²) in [7, 11) is 1.93. The van der Waals surface area contributed by atoms with E-state index >= 15 is 0 Å². The summed E-state index contributed by atoms with van der Waals surface area (Å²) in [6.07, 6.45) is 6.00. The number of nitrogens with zero attached hydrogens (tertiary/aromatic N) is 3. The van der Waals surface area contributed by atoms with Crippen molar-refractivity contribution in [1.29, 1.82) is 0 Å². The summed E-state index contributed by atoms with van der Waals surface area (Å²) in [4.78, 5) is 19.1. The molecule has 0 radical (unpaired) electrons. The van der Waals surface area contributed by atoms with Gasteiger partial charge in [0.1, 0.15) is 17.9 Å². The van der Waals surface area contributed by atoms with E-state index in [9.17, 15) is 4.79 Å². The quantitative estimate of drug-likeness (QED) is 0.886. The zero-order valence-electron chi connectivity index (χ0n) is 13.4. The van der Waals surface area contributed by atoms with Crippen LogP contribution < -0.4 is 5.73 Å². The minimum absolute atomic E-state index is 0.150. The van der Waals surface area contributed by atoms with Crippen molar-refractivity contribution in [3.8, 4) is 0 Å². The van der Waals surface area contributed by atoms with Crippen molar-refractivity contribution >= 4 is 22.6 Å². The molecule has 0 aliphatic heterocycles. The number of benzene rings is 1. The number of amides is 1. The standard InChI is InChI=1S/C17H24N4O/c1-12-19-17-14(18)9-6-10-15(17)21(12)11-16(22)20(2)13-7-4-3-5-8-13/h6,9-10,13H,3-5,7-8,11,18H2,1-2H3. The van der Waals surface area contributed by atoms with E-state index in [0.717, 1.165) is 29.7 Å². The lowest BCUT2D eigenvalue weighted by Gasteiger charge is -2.31. The molecule has 5 nitrogen and oxygen atoms in total. The Bertz CT molecular complexity index is 685. The van der Waals surface area contributed by atoms with E-state index < -0.39 is 0 Å². The average molecular weight is 300 g/mol. The number of carbonyl (C=O) groups is 1. The highest BCUT2D eigenvalue weighted by Crippen LogP contribution is 2.24. The van der Waals surface area contributed by atoms with E-state index in [1.165, 1.54) is 19.3 Å². The van der Waals surface area contributed by atoms with Crippen molar-refractivity contribution in [1.82, 2.24) is 14.5 Å². The third kappa shape index (κ3) is 2.67. The van der Waals surface area contributed by atoms with Gasteiger partial charge < -0.3 is 15.2 Å². The minimum atomic E-state index is 0.150. The monoisotopic (exact) mass is 300 g/mol. The van der Waals surface area contributed by atoms with Gasteiger partial charge in [0.05, 0.1) is 11.2 Å². The first kappa shape index (κ1) is 14.9. The van der Waals surface area contributed by atoms with Gasteiger partial charge in [0, 0.05) is 13.1 Å². The maximum absolute atomic E-state index is 12.6. The van der Waals surface area contributed by atoms with E-state index in [-0.39, 0.29) is 5.91 Å². The first-order valence-electron chi connectivity index (χ1n) is 8.05. The second kappa shape index (κ2) is 5.99. The Hall–Kier alpha value is -2.04. The molecule has 1 aromatic carbocycles. The number of fused-ring (bicyclic) bond motifs is 1. The second-order valence-corrected chi connectivity index (χ2v) is 6.26. The molecule has 0 spiro atoms. The van der Waals surface area contributed by atoms with E-state index in [1.807, 2.05) is 41.6 Å². The molecule has 3 rings (SSSR count). The predicted octanol–water partition coefficient (Wildman–Crippen LogP) is 2.72. The van der Waals surface area contributed by atoms with Crippen molar-refractivity contribution in [2.75, 3.05) is 12.8 Å². The van der Waals surface area contributed by atoms with Crippen LogP contribution in [0.3, 0.4) is 0 Å². The second-order valence-electron chi connectivity index (χ2n) is 6.26. The van der Waals surface area contributed by atoms with Crippen LogP contribution in [-0.4, -0.2) is 33.4 Å². The lowest BCUT2D eigenvalue weighted by Crippen LogP contribution is -2.40. The van der Waals surface area contributed by atoms with Crippen LogP contribution in [0.25, 0.3) is 11.0 Å². The molecule has 0 unspecified atom stereocenters. The number of hydrogen-bond donors (Lipinski definition) is 1. The zero-order chi connectivity index (χ0) is 15.7. The van der Waals surface area contributed by atoms with Gasteiger partial charge in [0.2, 0.25) is 5.91 Å². The number of imidazole rings is 1. The molecule has 1 aliphatic carbocycles. The van der Waals surface area contributed by atoms with Crippen LogP contribution >= 0.6 is 0 Å². The third-order valence-corrected chi connectivity index (χ3v) is 4.81.